The molecule has 7 heteroatoms. The van der Waals surface area contributed by atoms with Crippen molar-refractivity contribution in [3.05, 3.63) is 27.2 Å². The molecule has 23 heavy (non-hydrogen) atoms. The van der Waals surface area contributed by atoms with Crippen LogP contribution in [-0.2, 0) is 30.7 Å². The number of carbonyl (C=O) groups is 1. The first-order valence-corrected chi connectivity index (χ1v) is 9.33. The molecule has 0 saturated carbocycles. The molecule has 2 aliphatic rings. The summed E-state index contributed by atoms with van der Waals surface area (Å²) in [6.45, 7) is 1.44. The van der Waals surface area contributed by atoms with E-state index < -0.39 is 0 Å². The summed E-state index contributed by atoms with van der Waals surface area (Å²) < 4.78 is 1.78. The third kappa shape index (κ3) is 2.89. The van der Waals surface area contributed by atoms with E-state index in [9.17, 15) is 4.79 Å². The van der Waals surface area contributed by atoms with Crippen LogP contribution in [0.5, 0.6) is 0 Å². The highest BCUT2D eigenvalue weighted by Gasteiger charge is 2.28. The normalized spacial score (nSPS) is 20.4. The zero-order chi connectivity index (χ0) is 15.6. The first-order valence-electron chi connectivity index (χ1n) is 8.45. The second-order valence-electron chi connectivity index (χ2n) is 6.40. The first-order chi connectivity index (χ1) is 11.3. The number of thiophene rings is 1. The Balaban J connectivity index is 1.45. The molecule has 3 heterocycles. The van der Waals surface area contributed by atoms with Gasteiger partial charge in [-0.05, 0) is 65.5 Å². The summed E-state index contributed by atoms with van der Waals surface area (Å²) in [5.74, 6) is 0.549. The zero-order valence-corrected chi connectivity index (χ0v) is 13.9. The van der Waals surface area contributed by atoms with Crippen LogP contribution in [0.1, 0.15) is 59.9 Å². The fourth-order valence-corrected chi connectivity index (χ4v) is 4.77. The molecular weight excluding hydrogens is 310 g/mol. The molecule has 0 fully saturated rings. The Bertz CT molecular complexity index is 707. The van der Waals surface area contributed by atoms with E-state index in [4.69, 9.17) is 0 Å². The van der Waals surface area contributed by atoms with Crippen LogP contribution in [0.4, 0.5) is 0 Å². The summed E-state index contributed by atoms with van der Waals surface area (Å²) in [6, 6.07) is 0. The van der Waals surface area contributed by atoms with Gasteiger partial charge in [0.1, 0.15) is 0 Å². The average molecular weight is 331 g/mol. The van der Waals surface area contributed by atoms with Gasteiger partial charge in [0, 0.05) is 18.0 Å². The molecule has 0 spiro atoms. The van der Waals surface area contributed by atoms with Crippen molar-refractivity contribution in [3.8, 4) is 0 Å². The molecule has 1 atom stereocenters. The van der Waals surface area contributed by atoms with Crippen molar-refractivity contribution in [1.29, 1.82) is 0 Å². The minimum absolute atomic E-state index is 0.0544. The summed E-state index contributed by atoms with van der Waals surface area (Å²) >= 11 is 1.84. The number of aryl methyl sites for hydroxylation is 2. The van der Waals surface area contributed by atoms with Crippen LogP contribution >= 0.6 is 11.3 Å². The number of tetrazole rings is 1. The number of fused-ring (bicyclic) bond motifs is 2. The summed E-state index contributed by atoms with van der Waals surface area (Å²) in [7, 11) is 0. The van der Waals surface area contributed by atoms with E-state index in [1.54, 1.807) is 4.68 Å². The number of aromatic nitrogens is 4. The summed E-state index contributed by atoms with van der Waals surface area (Å²) in [5, 5.41) is 17.1. The van der Waals surface area contributed by atoms with Gasteiger partial charge >= 0.3 is 0 Å². The number of nitrogens with zero attached hydrogens (tertiary/aromatic N) is 4. The lowest BCUT2D eigenvalue weighted by atomic mass is 9.95. The number of carbonyl (C=O) groups excluding carboxylic acids is 1. The molecule has 1 aliphatic heterocycles. The van der Waals surface area contributed by atoms with E-state index in [0.717, 1.165) is 32.2 Å². The molecule has 2 aromatic rings. The smallest absolute Gasteiger partial charge is 0.231 e. The molecule has 6 nitrogen and oxygen atoms in total. The van der Waals surface area contributed by atoms with Crippen molar-refractivity contribution in [2.45, 2.75) is 64.0 Å². The largest absolute Gasteiger partial charge is 0.351 e. The molecule has 0 aromatic carbocycles. The van der Waals surface area contributed by atoms with Crippen molar-refractivity contribution in [3.63, 3.8) is 0 Å². The van der Waals surface area contributed by atoms with Gasteiger partial charge in [0.25, 0.3) is 0 Å². The van der Waals surface area contributed by atoms with Gasteiger partial charge < -0.3 is 5.32 Å². The molecule has 1 amide bonds. The van der Waals surface area contributed by atoms with Gasteiger partial charge in [-0.15, -0.1) is 16.4 Å². The van der Waals surface area contributed by atoms with Crippen LogP contribution in [-0.4, -0.2) is 26.1 Å². The van der Waals surface area contributed by atoms with Gasteiger partial charge in [0.2, 0.25) is 5.91 Å². The minimum atomic E-state index is -0.220. The Kier molecular flexibility index (Phi) is 4.11. The SMILES string of the molecule is O=C(NCc1csc2c1CCCC2)[C@H]1CCCCn2nnnc21. The highest BCUT2D eigenvalue weighted by molar-refractivity contribution is 7.10. The number of nitrogens with one attached hydrogen (secondary N) is 1. The lowest BCUT2D eigenvalue weighted by Crippen LogP contribution is -2.30. The Labute approximate surface area is 139 Å². The van der Waals surface area contributed by atoms with E-state index in [0.29, 0.717) is 12.4 Å². The molecule has 1 aliphatic carbocycles. The molecule has 122 valence electrons. The lowest BCUT2D eigenvalue weighted by Gasteiger charge is -2.15. The molecule has 0 unspecified atom stereocenters. The predicted molar refractivity (Wildman–Crippen MR) is 87.2 cm³/mol. The average Bonchev–Trinajstić information content (AvgIpc) is 3.15. The Morgan fingerprint density at radius 1 is 1.30 bits per heavy atom. The molecule has 0 saturated heterocycles. The van der Waals surface area contributed by atoms with Crippen LogP contribution in [0.2, 0.25) is 0 Å². The van der Waals surface area contributed by atoms with Gasteiger partial charge in [0.15, 0.2) is 5.82 Å². The maximum absolute atomic E-state index is 12.7. The van der Waals surface area contributed by atoms with E-state index in [2.05, 4.69) is 26.2 Å². The van der Waals surface area contributed by atoms with Crippen molar-refractivity contribution < 1.29 is 4.79 Å². The van der Waals surface area contributed by atoms with Gasteiger partial charge in [0.05, 0.1) is 5.92 Å². The third-order valence-corrected chi connectivity index (χ3v) is 6.04. The van der Waals surface area contributed by atoms with Crippen molar-refractivity contribution in [2.24, 2.45) is 0 Å². The molecule has 4 rings (SSSR count). The summed E-state index contributed by atoms with van der Waals surface area (Å²) in [6.07, 6.45) is 7.80. The van der Waals surface area contributed by atoms with Gasteiger partial charge in [-0.25, -0.2) is 4.68 Å². The standard InChI is InChI=1S/C16H21N5OS/c22-16(13-6-3-4-8-21-15(13)18-19-20-21)17-9-11-10-23-14-7-2-1-5-12(11)14/h10,13H,1-9H2,(H,17,22)/t13-/m0/s1. The van der Waals surface area contributed by atoms with Crippen LogP contribution in [0.15, 0.2) is 5.38 Å². The molecule has 0 bridgehead atoms. The predicted octanol–water partition coefficient (Wildman–Crippen LogP) is 2.20. The van der Waals surface area contributed by atoms with Crippen LogP contribution < -0.4 is 5.32 Å². The quantitative estimate of drug-likeness (QED) is 0.936. The van der Waals surface area contributed by atoms with Crippen molar-refractivity contribution in [1.82, 2.24) is 25.5 Å². The Hall–Kier alpha value is -1.76. The molecule has 2 aromatic heterocycles. The fraction of sp³-hybridized carbons (Fsp3) is 0.625. The first kappa shape index (κ1) is 14.8. The minimum Gasteiger partial charge on any atom is -0.351 e. The number of amides is 1. The van der Waals surface area contributed by atoms with E-state index >= 15 is 0 Å². The second-order valence-corrected chi connectivity index (χ2v) is 7.36. The number of rotatable bonds is 3. The summed E-state index contributed by atoms with van der Waals surface area (Å²) in [5.41, 5.74) is 2.78. The van der Waals surface area contributed by atoms with E-state index in [1.165, 1.54) is 35.3 Å². The van der Waals surface area contributed by atoms with Crippen molar-refractivity contribution >= 4 is 17.2 Å². The summed E-state index contributed by atoms with van der Waals surface area (Å²) in [4.78, 5) is 14.2. The topological polar surface area (TPSA) is 72.7 Å². The van der Waals surface area contributed by atoms with Gasteiger partial charge in [-0.1, -0.05) is 6.42 Å². The van der Waals surface area contributed by atoms with Crippen molar-refractivity contribution in [2.75, 3.05) is 0 Å². The maximum atomic E-state index is 12.7. The van der Waals surface area contributed by atoms with E-state index in [1.807, 2.05) is 11.3 Å². The lowest BCUT2D eigenvalue weighted by molar-refractivity contribution is -0.123. The van der Waals surface area contributed by atoms with Gasteiger partial charge in [-0.3, -0.25) is 4.79 Å². The Morgan fingerprint density at radius 3 is 3.17 bits per heavy atom. The highest BCUT2D eigenvalue weighted by Crippen LogP contribution is 2.30. The second kappa shape index (κ2) is 6.39. The third-order valence-electron chi connectivity index (χ3n) is 4.90. The highest BCUT2D eigenvalue weighted by atomic mass is 32.1. The maximum Gasteiger partial charge on any atom is 0.231 e. The monoisotopic (exact) mass is 331 g/mol. The Morgan fingerprint density at radius 2 is 2.22 bits per heavy atom. The molecule has 0 radical (unpaired) electrons. The fourth-order valence-electron chi connectivity index (χ4n) is 3.62. The van der Waals surface area contributed by atoms with Crippen LogP contribution in [0.25, 0.3) is 0 Å². The van der Waals surface area contributed by atoms with Crippen LogP contribution in [0, 0.1) is 0 Å². The molecular formula is C16H21N5OS. The number of hydrogen-bond acceptors (Lipinski definition) is 5. The van der Waals surface area contributed by atoms with Gasteiger partial charge in [-0.2, -0.15) is 0 Å². The zero-order valence-electron chi connectivity index (χ0n) is 13.1. The van der Waals surface area contributed by atoms with E-state index in [-0.39, 0.29) is 11.8 Å². The van der Waals surface area contributed by atoms with Crippen LogP contribution in [0.3, 0.4) is 0 Å². The number of hydrogen-bond donors (Lipinski definition) is 1. The molecule has 1 N–H and O–H groups in total.